The van der Waals surface area contributed by atoms with Gasteiger partial charge in [-0.05, 0) is 48.7 Å². The number of piperazine rings is 1. The Morgan fingerprint density at radius 1 is 0.929 bits per heavy atom. The first-order valence-electron chi connectivity index (χ1n) is 13.6. The molecule has 1 fully saturated rings. The molecule has 3 heterocycles. The number of sulfonamides is 1. The first kappa shape index (κ1) is 29.5. The van der Waals surface area contributed by atoms with E-state index in [2.05, 4.69) is 31.7 Å². The minimum atomic E-state index is -4.08. The average molecular weight is 606 g/mol. The fraction of sp³-hybridized carbons (Fsp3) is 0.258. The third kappa shape index (κ3) is 6.11. The van der Waals surface area contributed by atoms with E-state index < -0.39 is 10.0 Å². The van der Waals surface area contributed by atoms with Crippen LogP contribution in [0.2, 0.25) is 0 Å². The number of anilines is 1. The van der Waals surface area contributed by atoms with E-state index in [0.29, 0.717) is 30.9 Å². The highest BCUT2D eigenvalue weighted by Crippen LogP contribution is 2.30. The molecule has 1 amide bonds. The molecule has 6 rings (SSSR count). The SMILES string of the molecule is Cc1cccc(C)c1-c1cc2nc(n1)NS(=O)(=O)c1cccc(c1)C(=O)N1CCN(Cc3ccccc3)CC1CO2.Cl. The highest BCUT2D eigenvalue weighted by molar-refractivity contribution is 7.92. The van der Waals surface area contributed by atoms with E-state index >= 15 is 0 Å². The molecule has 0 saturated carbocycles. The van der Waals surface area contributed by atoms with Crippen LogP contribution in [0.25, 0.3) is 11.3 Å². The number of benzene rings is 3. The first-order valence-corrected chi connectivity index (χ1v) is 15.0. The third-order valence-corrected chi connectivity index (χ3v) is 8.88. The molecule has 3 aromatic carbocycles. The Kier molecular flexibility index (Phi) is 8.49. The normalized spacial score (nSPS) is 18.2. The lowest BCUT2D eigenvalue weighted by Crippen LogP contribution is -2.57. The second kappa shape index (κ2) is 12.1. The number of fused-ring (bicyclic) bond motifs is 5. The summed E-state index contributed by atoms with van der Waals surface area (Å²) < 4.78 is 35.5. The number of aromatic nitrogens is 2. The molecule has 2 aliphatic heterocycles. The van der Waals surface area contributed by atoms with Gasteiger partial charge in [-0.15, -0.1) is 12.4 Å². The lowest BCUT2D eigenvalue weighted by Gasteiger charge is -2.41. The van der Waals surface area contributed by atoms with E-state index in [1.807, 2.05) is 50.2 Å². The Morgan fingerprint density at radius 2 is 1.67 bits per heavy atom. The molecule has 1 atom stereocenters. The number of halogens is 1. The monoisotopic (exact) mass is 605 g/mol. The van der Waals surface area contributed by atoms with Gasteiger partial charge in [-0.3, -0.25) is 9.69 Å². The topological polar surface area (TPSA) is 105 Å². The second-order valence-corrected chi connectivity index (χ2v) is 12.2. The molecule has 218 valence electrons. The molecular weight excluding hydrogens is 574 g/mol. The van der Waals surface area contributed by atoms with Crippen molar-refractivity contribution in [1.29, 1.82) is 0 Å². The summed E-state index contributed by atoms with van der Waals surface area (Å²) in [5.74, 6) is -0.0977. The fourth-order valence-corrected chi connectivity index (χ4v) is 6.52. The Morgan fingerprint density at radius 3 is 2.43 bits per heavy atom. The summed E-state index contributed by atoms with van der Waals surface area (Å²) in [5, 5.41) is 0. The van der Waals surface area contributed by atoms with E-state index in [-0.39, 0.29) is 47.7 Å². The molecule has 1 saturated heterocycles. The summed E-state index contributed by atoms with van der Waals surface area (Å²) in [7, 11) is -4.08. The predicted octanol–water partition coefficient (Wildman–Crippen LogP) is 4.70. The smallest absolute Gasteiger partial charge is 0.264 e. The van der Waals surface area contributed by atoms with Crippen molar-refractivity contribution in [3.05, 3.63) is 101 Å². The van der Waals surface area contributed by atoms with Gasteiger partial charge in [-0.1, -0.05) is 54.6 Å². The number of rotatable bonds is 3. The number of nitrogens with one attached hydrogen (secondary N) is 1. The number of hydrogen-bond donors (Lipinski definition) is 1. The van der Waals surface area contributed by atoms with Crippen LogP contribution >= 0.6 is 12.4 Å². The molecule has 0 radical (unpaired) electrons. The molecule has 9 nitrogen and oxygen atoms in total. The zero-order chi connectivity index (χ0) is 28.6. The van der Waals surface area contributed by atoms with Crippen molar-refractivity contribution < 1.29 is 17.9 Å². The summed E-state index contributed by atoms with van der Waals surface area (Å²) in [6.45, 7) is 6.67. The van der Waals surface area contributed by atoms with Crippen LogP contribution in [0.1, 0.15) is 27.0 Å². The molecule has 0 aliphatic carbocycles. The Hall–Kier alpha value is -3.99. The highest BCUT2D eigenvalue weighted by atomic mass is 35.5. The number of carbonyl (C=O) groups excluding carboxylic acids is 1. The van der Waals surface area contributed by atoms with E-state index in [0.717, 1.165) is 23.2 Å². The van der Waals surface area contributed by atoms with Crippen molar-refractivity contribution in [3.63, 3.8) is 0 Å². The van der Waals surface area contributed by atoms with Crippen molar-refractivity contribution >= 4 is 34.3 Å². The van der Waals surface area contributed by atoms with Gasteiger partial charge in [0.25, 0.3) is 15.9 Å². The van der Waals surface area contributed by atoms with Crippen molar-refractivity contribution in [1.82, 2.24) is 19.8 Å². The van der Waals surface area contributed by atoms with E-state index in [1.165, 1.54) is 17.7 Å². The average Bonchev–Trinajstić information content (AvgIpc) is 2.96. The zero-order valence-electron chi connectivity index (χ0n) is 23.4. The second-order valence-electron chi connectivity index (χ2n) is 10.5. The van der Waals surface area contributed by atoms with E-state index in [9.17, 15) is 13.2 Å². The Bertz CT molecular complexity index is 1700. The molecule has 1 aromatic heterocycles. The molecule has 1 unspecified atom stereocenters. The van der Waals surface area contributed by atoms with Crippen LogP contribution in [-0.2, 0) is 16.6 Å². The van der Waals surface area contributed by atoms with Gasteiger partial charge in [-0.2, -0.15) is 4.98 Å². The van der Waals surface area contributed by atoms with Crippen molar-refractivity contribution in [2.45, 2.75) is 31.3 Å². The Labute approximate surface area is 252 Å². The van der Waals surface area contributed by atoms with Gasteiger partial charge in [0.15, 0.2) is 0 Å². The first-order chi connectivity index (χ1) is 19.8. The van der Waals surface area contributed by atoms with Gasteiger partial charge < -0.3 is 9.64 Å². The molecule has 4 bridgehead atoms. The summed E-state index contributed by atoms with van der Waals surface area (Å²) >= 11 is 0. The van der Waals surface area contributed by atoms with Gasteiger partial charge in [0, 0.05) is 43.4 Å². The lowest BCUT2D eigenvalue weighted by molar-refractivity contribution is 0.0310. The van der Waals surface area contributed by atoms with Crippen LogP contribution in [-0.4, -0.2) is 66.4 Å². The van der Waals surface area contributed by atoms with Gasteiger partial charge >= 0.3 is 0 Å². The molecular formula is C31H32ClN5O4S. The molecule has 0 spiro atoms. The predicted molar refractivity (Wildman–Crippen MR) is 163 cm³/mol. The number of carbonyl (C=O) groups is 1. The van der Waals surface area contributed by atoms with Crippen molar-refractivity contribution in [2.24, 2.45) is 0 Å². The zero-order valence-corrected chi connectivity index (χ0v) is 25.0. The number of ether oxygens (including phenoxy) is 1. The molecule has 4 aromatic rings. The summed E-state index contributed by atoms with van der Waals surface area (Å²) in [4.78, 5) is 26.8. The van der Waals surface area contributed by atoms with Crippen LogP contribution in [0.3, 0.4) is 0 Å². The maximum absolute atomic E-state index is 13.7. The standard InChI is InChI=1S/C31H31N5O4S.ClH/c1-21-8-6-9-22(2)29(21)27-17-28-33-31(32-27)34-41(38,39)26-13-7-12-24(16-26)30(37)36-15-14-35(19-25(36)20-40-28)18-23-10-4-3-5-11-23;/h3-13,16-17,25H,14-15,18-20H2,1-2H3,(H,32,33,34);1H. The minimum Gasteiger partial charge on any atom is -0.475 e. The number of nitrogens with zero attached hydrogens (tertiary/aromatic N) is 4. The number of aryl methyl sites for hydroxylation is 2. The van der Waals surface area contributed by atoms with Crippen LogP contribution in [0.15, 0.2) is 83.8 Å². The largest absolute Gasteiger partial charge is 0.475 e. The van der Waals surface area contributed by atoms with Gasteiger partial charge in [0.05, 0.1) is 16.6 Å². The molecule has 2 aliphatic rings. The van der Waals surface area contributed by atoms with Crippen LogP contribution in [0.5, 0.6) is 5.88 Å². The summed E-state index contributed by atoms with van der Waals surface area (Å²) in [5.41, 5.74) is 4.92. The van der Waals surface area contributed by atoms with Crippen LogP contribution in [0, 0.1) is 13.8 Å². The molecule has 42 heavy (non-hydrogen) atoms. The maximum Gasteiger partial charge on any atom is 0.264 e. The molecule has 1 N–H and O–H groups in total. The minimum absolute atomic E-state index is 0. The van der Waals surface area contributed by atoms with Gasteiger partial charge in [0.2, 0.25) is 11.8 Å². The van der Waals surface area contributed by atoms with Gasteiger partial charge in [-0.25, -0.2) is 18.1 Å². The number of hydrogen-bond acceptors (Lipinski definition) is 7. The molecule has 11 heteroatoms. The maximum atomic E-state index is 13.7. The van der Waals surface area contributed by atoms with Gasteiger partial charge in [0.1, 0.15) is 6.61 Å². The fourth-order valence-electron chi connectivity index (χ4n) is 5.53. The number of amides is 1. The lowest BCUT2D eigenvalue weighted by atomic mass is 10.00. The van der Waals surface area contributed by atoms with Crippen LogP contribution in [0.4, 0.5) is 5.95 Å². The summed E-state index contributed by atoms with van der Waals surface area (Å²) in [6, 6.07) is 23.7. The quantitative estimate of drug-likeness (QED) is 0.361. The highest BCUT2D eigenvalue weighted by Gasteiger charge is 2.33. The third-order valence-electron chi connectivity index (χ3n) is 7.56. The van der Waals surface area contributed by atoms with Crippen molar-refractivity contribution in [2.75, 3.05) is 31.0 Å². The van der Waals surface area contributed by atoms with Crippen LogP contribution < -0.4 is 9.46 Å². The van der Waals surface area contributed by atoms with E-state index in [4.69, 9.17) is 4.74 Å². The summed E-state index contributed by atoms with van der Waals surface area (Å²) in [6.07, 6.45) is 0. The van der Waals surface area contributed by atoms with Crippen molar-refractivity contribution in [3.8, 4) is 17.1 Å². The Balaban J connectivity index is 0.00000353. The van der Waals surface area contributed by atoms with E-state index in [1.54, 1.807) is 23.1 Å².